The van der Waals surface area contributed by atoms with E-state index in [4.69, 9.17) is 4.74 Å². The summed E-state index contributed by atoms with van der Waals surface area (Å²) < 4.78 is 5.41. The van der Waals surface area contributed by atoms with E-state index in [-0.39, 0.29) is 0 Å². The second kappa shape index (κ2) is 8.75. The molecular formula is C10H21NO. The van der Waals surface area contributed by atoms with Crippen molar-refractivity contribution in [2.45, 2.75) is 20.3 Å². The Morgan fingerprint density at radius 3 is 2.83 bits per heavy atom. The summed E-state index contributed by atoms with van der Waals surface area (Å²) in [7, 11) is 0. The summed E-state index contributed by atoms with van der Waals surface area (Å²) in [4.78, 5) is 0. The molecule has 2 heteroatoms. The zero-order chi connectivity index (χ0) is 9.23. The van der Waals surface area contributed by atoms with Crippen LogP contribution in [0.3, 0.4) is 0 Å². The highest BCUT2D eigenvalue weighted by molar-refractivity contribution is 4.68. The molecule has 0 unspecified atom stereocenters. The molecule has 72 valence electrons. The van der Waals surface area contributed by atoms with Crippen LogP contribution in [0.4, 0.5) is 0 Å². The van der Waals surface area contributed by atoms with Crippen molar-refractivity contribution >= 4 is 0 Å². The number of hydrogen-bond donors (Lipinski definition) is 1. The molecule has 0 fully saturated rings. The molecular weight excluding hydrogens is 150 g/mol. The van der Waals surface area contributed by atoms with Crippen molar-refractivity contribution in [3.05, 3.63) is 12.7 Å². The maximum absolute atomic E-state index is 5.41. The van der Waals surface area contributed by atoms with Crippen molar-refractivity contribution in [1.29, 1.82) is 0 Å². The van der Waals surface area contributed by atoms with E-state index in [9.17, 15) is 0 Å². The van der Waals surface area contributed by atoms with Gasteiger partial charge < -0.3 is 10.1 Å². The quantitative estimate of drug-likeness (QED) is 0.444. The van der Waals surface area contributed by atoms with Crippen LogP contribution in [0.25, 0.3) is 0 Å². The van der Waals surface area contributed by atoms with Gasteiger partial charge >= 0.3 is 0 Å². The van der Waals surface area contributed by atoms with Gasteiger partial charge in [0, 0.05) is 19.8 Å². The average molecular weight is 171 g/mol. The molecule has 0 rings (SSSR count). The van der Waals surface area contributed by atoms with Gasteiger partial charge in [-0.2, -0.15) is 0 Å². The van der Waals surface area contributed by atoms with Gasteiger partial charge in [0.25, 0.3) is 0 Å². The third-order valence-corrected chi connectivity index (χ3v) is 1.38. The number of hydrogen-bond acceptors (Lipinski definition) is 2. The third kappa shape index (κ3) is 9.66. The zero-order valence-electron chi connectivity index (χ0n) is 8.31. The van der Waals surface area contributed by atoms with Crippen molar-refractivity contribution in [2.24, 2.45) is 5.92 Å². The van der Waals surface area contributed by atoms with Gasteiger partial charge in [0.15, 0.2) is 0 Å². The number of rotatable bonds is 8. The second-order valence-electron chi connectivity index (χ2n) is 3.32. The Hall–Kier alpha value is -0.340. The average Bonchev–Trinajstić information content (AvgIpc) is 2.02. The fourth-order valence-corrected chi connectivity index (χ4v) is 0.822. The van der Waals surface area contributed by atoms with E-state index >= 15 is 0 Å². The Balaban J connectivity index is 2.86. The van der Waals surface area contributed by atoms with Crippen molar-refractivity contribution in [1.82, 2.24) is 5.32 Å². The third-order valence-electron chi connectivity index (χ3n) is 1.38. The molecule has 0 radical (unpaired) electrons. The monoisotopic (exact) mass is 171 g/mol. The molecule has 0 amide bonds. The van der Waals surface area contributed by atoms with Crippen LogP contribution in [-0.4, -0.2) is 26.3 Å². The van der Waals surface area contributed by atoms with Crippen LogP contribution in [0, 0.1) is 5.92 Å². The van der Waals surface area contributed by atoms with E-state index in [0.717, 1.165) is 32.7 Å². The maximum atomic E-state index is 5.41. The molecule has 0 saturated carbocycles. The predicted octanol–water partition coefficient (Wildman–Crippen LogP) is 1.82. The van der Waals surface area contributed by atoms with Crippen LogP contribution in [0.5, 0.6) is 0 Å². The van der Waals surface area contributed by atoms with E-state index in [1.54, 1.807) is 0 Å². The lowest BCUT2D eigenvalue weighted by molar-refractivity contribution is 0.108. The van der Waals surface area contributed by atoms with Gasteiger partial charge in [-0.3, -0.25) is 0 Å². The zero-order valence-corrected chi connectivity index (χ0v) is 8.31. The summed E-state index contributed by atoms with van der Waals surface area (Å²) in [6.45, 7) is 11.6. The molecule has 0 spiro atoms. The van der Waals surface area contributed by atoms with Gasteiger partial charge in [-0.05, 0) is 18.9 Å². The standard InChI is InChI=1S/C10H21NO/c1-4-6-11-7-5-8-12-9-10(2)3/h4,10-11H,1,5-9H2,2-3H3. The first-order valence-corrected chi connectivity index (χ1v) is 4.66. The molecule has 0 aliphatic carbocycles. The Morgan fingerprint density at radius 2 is 2.25 bits per heavy atom. The summed E-state index contributed by atoms with van der Waals surface area (Å²) in [6.07, 6.45) is 2.95. The number of nitrogens with one attached hydrogen (secondary N) is 1. The van der Waals surface area contributed by atoms with Crippen LogP contribution in [-0.2, 0) is 4.74 Å². The first kappa shape index (κ1) is 11.7. The largest absolute Gasteiger partial charge is 0.381 e. The number of ether oxygens (including phenoxy) is 1. The van der Waals surface area contributed by atoms with Crippen LogP contribution in [0.1, 0.15) is 20.3 Å². The van der Waals surface area contributed by atoms with Crippen LogP contribution >= 0.6 is 0 Å². The van der Waals surface area contributed by atoms with E-state index < -0.39 is 0 Å². The molecule has 0 atom stereocenters. The van der Waals surface area contributed by atoms with Gasteiger partial charge in [-0.15, -0.1) is 6.58 Å². The minimum Gasteiger partial charge on any atom is -0.381 e. The first-order valence-electron chi connectivity index (χ1n) is 4.66. The molecule has 2 nitrogen and oxygen atoms in total. The summed E-state index contributed by atoms with van der Waals surface area (Å²) in [5.74, 6) is 0.645. The minimum absolute atomic E-state index is 0.645. The first-order chi connectivity index (χ1) is 5.77. The Kier molecular flexibility index (Phi) is 8.51. The Morgan fingerprint density at radius 1 is 1.50 bits per heavy atom. The van der Waals surface area contributed by atoms with Crippen LogP contribution < -0.4 is 5.32 Å². The molecule has 1 N–H and O–H groups in total. The molecule has 0 aliphatic rings. The van der Waals surface area contributed by atoms with Gasteiger partial charge in [-0.1, -0.05) is 19.9 Å². The summed E-state index contributed by atoms with van der Waals surface area (Å²) in [5, 5.41) is 3.23. The van der Waals surface area contributed by atoms with Gasteiger partial charge in [0.1, 0.15) is 0 Å². The van der Waals surface area contributed by atoms with Crippen molar-refractivity contribution in [2.75, 3.05) is 26.3 Å². The highest BCUT2D eigenvalue weighted by atomic mass is 16.5. The summed E-state index contributed by atoms with van der Waals surface area (Å²) >= 11 is 0. The van der Waals surface area contributed by atoms with Crippen LogP contribution in [0.15, 0.2) is 12.7 Å². The second-order valence-corrected chi connectivity index (χ2v) is 3.32. The molecule has 12 heavy (non-hydrogen) atoms. The smallest absolute Gasteiger partial charge is 0.0489 e. The van der Waals surface area contributed by atoms with Gasteiger partial charge in [0.2, 0.25) is 0 Å². The summed E-state index contributed by atoms with van der Waals surface area (Å²) in [5.41, 5.74) is 0. The molecule has 0 aliphatic heterocycles. The van der Waals surface area contributed by atoms with Crippen molar-refractivity contribution in [3.63, 3.8) is 0 Å². The lowest BCUT2D eigenvalue weighted by atomic mass is 10.2. The Bertz CT molecular complexity index is 102. The molecule has 0 bridgehead atoms. The molecule has 0 aromatic rings. The lowest BCUT2D eigenvalue weighted by Gasteiger charge is -2.06. The van der Waals surface area contributed by atoms with E-state index in [1.165, 1.54) is 0 Å². The van der Waals surface area contributed by atoms with E-state index in [1.807, 2.05) is 6.08 Å². The fraction of sp³-hybridized carbons (Fsp3) is 0.800. The minimum atomic E-state index is 0.645. The normalized spacial score (nSPS) is 10.6. The Labute approximate surface area is 76.0 Å². The van der Waals surface area contributed by atoms with Crippen LogP contribution in [0.2, 0.25) is 0 Å². The highest BCUT2D eigenvalue weighted by Gasteiger charge is 1.92. The highest BCUT2D eigenvalue weighted by Crippen LogP contribution is 1.92. The lowest BCUT2D eigenvalue weighted by Crippen LogP contribution is -2.17. The predicted molar refractivity (Wildman–Crippen MR) is 53.3 cm³/mol. The maximum Gasteiger partial charge on any atom is 0.0489 e. The van der Waals surface area contributed by atoms with Crippen molar-refractivity contribution < 1.29 is 4.74 Å². The van der Waals surface area contributed by atoms with Gasteiger partial charge in [-0.25, -0.2) is 0 Å². The summed E-state index contributed by atoms with van der Waals surface area (Å²) in [6, 6.07) is 0. The molecule has 0 heterocycles. The van der Waals surface area contributed by atoms with Gasteiger partial charge in [0.05, 0.1) is 0 Å². The fourth-order valence-electron chi connectivity index (χ4n) is 0.822. The molecule has 0 aromatic heterocycles. The molecule has 0 aromatic carbocycles. The topological polar surface area (TPSA) is 21.3 Å². The van der Waals surface area contributed by atoms with E-state index in [2.05, 4.69) is 25.7 Å². The van der Waals surface area contributed by atoms with E-state index in [0.29, 0.717) is 5.92 Å². The van der Waals surface area contributed by atoms with Crippen molar-refractivity contribution in [3.8, 4) is 0 Å². The SMILES string of the molecule is C=CCNCCCOCC(C)C. The molecule has 0 saturated heterocycles.